The van der Waals surface area contributed by atoms with Gasteiger partial charge in [0.2, 0.25) is 0 Å². The van der Waals surface area contributed by atoms with Crippen LogP contribution in [0.3, 0.4) is 0 Å². The Kier molecular flexibility index (Phi) is 3.47. The zero-order valence-electron chi connectivity index (χ0n) is 12.3. The standard InChI is InChI=1S/C17H16N2OS/c1-11-9-12(2)15-14(10-11)21-17(19(15)3)18-16(20)13-7-5-4-6-8-13/h4-10H,1-3H3. The largest absolute Gasteiger partial charge is 0.319 e. The van der Waals surface area contributed by atoms with Crippen molar-refractivity contribution in [2.75, 3.05) is 0 Å². The summed E-state index contributed by atoms with van der Waals surface area (Å²) in [5, 5.41) is 0. The van der Waals surface area contributed by atoms with Gasteiger partial charge in [-0.25, -0.2) is 0 Å². The van der Waals surface area contributed by atoms with E-state index in [9.17, 15) is 4.79 Å². The van der Waals surface area contributed by atoms with E-state index in [0.717, 1.165) is 15.0 Å². The van der Waals surface area contributed by atoms with Crippen LogP contribution in [0.15, 0.2) is 47.5 Å². The summed E-state index contributed by atoms with van der Waals surface area (Å²) in [6.07, 6.45) is 0. The summed E-state index contributed by atoms with van der Waals surface area (Å²) >= 11 is 1.55. The number of nitrogens with zero attached hydrogens (tertiary/aromatic N) is 2. The van der Waals surface area contributed by atoms with Gasteiger partial charge in [0.25, 0.3) is 5.91 Å². The number of carbonyl (C=O) groups excluding carboxylic acids is 1. The molecule has 1 heterocycles. The molecule has 0 aliphatic rings. The molecule has 0 N–H and O–H groups in total. The zero-order chi connectivity index (χ0) is 15.0. The molecule has 3 aromatic rings. The van der Waals surface area contributed by atoms with Crippen molar-refractivity contribution in [3.63, 3.8) is 0 Å². The third-order valence-electron chi connectivity index (χ3n) is 3.45. The second kappa shape index (κ2) is 5.30. The number of fused-ring (bicyclic) bond motifs is 1. The minimum Gasteiger partial charge on any atom is -0.319 e. The van der Waals surface area contributed by atoms with Crippen LogP contribution in [0.2, 0.25) is 0 Å². The topological polar surface area (TPSA) is 34.4 Å². The normalized spacial score (nSPS) is 12.0. The Hall–Kier alpha value is -2.20. The smallest absolute Gasteiger partial charge is 0.279 e. The summed E-state index contributed by atoms with van der Waals surface area (Å²) in [5.74, 6) is -0.202. The Morgan fingerprint density at radius 1 is 1.14 bits per heavy atom. The second-order valence-electron chi connectivity index (χ2n) is 5.16. The van der Waals surface area contributed by atoms with Crippen LogP contribution in [-0.4, -0.2) is 10.5 Å². The van der Waals surface area contributed by atoms with Crippen LogP contribution in [0.1, 0.15) is 21.5 Å². The van der Waals surface area contributed by atoms with E-state index < -0.39 is 0 Å². The number of benzene rings is 2. The van der Waals surface area contributed by atoms with E-state index in [1.165, 1.54) is 11.1 Å². The van der Waals surface area contributed by atoms with Crippen LogP contribution < -0.4 is 4.80 Å². The molecule has 3 nitrogen and oxygen atoms in total. The average Bonchev–Trinajstić information content (AvgIpc) is 2.76. The van der Waals surface area contributed by atoms with Crippen LogP contribution >= 0.6 is 11.3 Å². The van der Waals surface area contributed by atoms with Crippen LogP contribution in [0.25, 0.3) is 10.2 Å². The fraction of sp³-hybridized carbons (Fsp3) is 0.176. The molecule has 1 aromatic heterocycles. The van der Waals surface area contributed by atoms with Crippen LogP contribution in [0, 0.1) is 13.8 Å². The zero-order valence-corrected chi connectivity index (χ0v) is 13.1. The van der Waals surface area contributed by atoms with Crippen molar-refractivity contribution in [1.82, 2.24) is 4.57 Å². The Labute approximate surface area is 127 Å². The van der Waals surface area contributed by atoms with Gasteiger partial charge < -0.3 is 4.57 Å². The molecule has 21 heavy (non-hydrogen) atoms. The molecule has 0 atom stereocenters. The monoisotopic (exact) mass is 296 g/mol. The first-order valence-electron chi connectivity index (χ1n) is 6.77. The molecule has 0 saturated heterocycles. The summed E-state index contributed by atoms with van der Waals surface area (Å²) < 4.78 is 3.16. The number of aromatic nitrogens is 1. The van der Waals surface area contributed by atoms with Gasteiger partial charge in [-0.3, -0.25) is 4.79 Å². The molecule has 0 aliphatic heterocycles. The maximum absolute atomic E-state index is 12.2. The van der Waals surface area contributed by atoms with Gasteiger partial charge in [-0.2, -0.15) is 4.99 Å². The van der Waals surface area contributed by atoms with Gasteiger partial charge in [0.1, 0.15) is 0 Å². The van der Waals surface area contributed by atoms with E-state index >= 15 is 0 Å². The number of aryl methyl sites for hydroxylation is 3. The summed E-state index contributed by atoms with van der Waals surface area (Å²) in [7, 11) is 1.96. The molecule has 0 unspecified atom stereocenters. The summed E-state index contributed by atoms with van der Waals surface area (Å²) in [4.78, 5) is 17.2. The molecule has 0 bridgehead atoms. The first kappa shape index (κ1) is 13.8. The number of rotatable bonds is 1. The van der Waals surface area contributed by atoms with Crippen LogP contribution in [0.5, 0.6) is 0 Å². The van der Waals surface area contributed by atoms with Crippen molar-refractivity contribution in [2.24, 2.45) is 12.0 Å². The Morgan fingerprint density at radius 2 is 1.86 bits per heavy atom. The third kappa shape index (κ3) is 2.54. The lowest BCUT2D eigenvalue weighted by Gasteiger charge is -2.01. The first-order valence-corrected chi connectivity index (χ1v) is 7.59. The van der Waals surface area contributed by atoms with E-state index in [1.54, 1.807) is 23.5 Å². The Bertz CT molecular complexity index is 888. The van der Waals surface area contributed by atoms with E-state index in [0.29, 0.717) is 5.56 Å². The number of carbonyl (C=O) groups is 1. The Balaban J connectivity index is 2.17. The molecule has 0 saturated carbocycles. The van der Waals surface area contributed by atoms with Gasteiger partial charge in [-0.15, -0.1) is 0 Å². The summed E-state index contributed by atoms with van der Waals surface area (Å²) in [5.41, 5.74) is 4.19. The van der Waals surface area contributed by atoms with Crippen molar-refractivity contribution in [1.29, 1.82) is 0 Å². The van der Waals surface area contributed by atoms with Gasteiger partial charge in [0, 0.05) is 12.6 Å². The molecule has 0 aliphatic carbocycles. The maximum Gasteiger partial charge on any atom is 0.279 e. The highest BCUT2D eigenvalue weighted by Crippen LogP contribution is 2.22. The summed E-state index contributed by atoms with van der Waals surface area (Å²) in [6, 6.07) is 13.4. The van der Waals surface area contributed by atoms with Gasteiger partial charge >= 0.3 is 0 Å². The first-order chi connectivity index (χ1) is 10.1. The number of thiazole rings is 1. The minimum absolute atomic E-state index is 0.202. The SMILES string of the molecule is Cc1cc(C)c2c(c1)sc(=NC(=O)c1ccccc1)n2C. The number of hydrogen-bond donors (Lipinski definition) is 0. The molecule has 106 valence electrons. The van der Waals surface area contributed by atoms with Gasteiger partial charge in [-0.1, -0.05) is 35.6 Å². The number of hydrogen-bond acceptors (Lipinski definition) is 2. The molecular weight excluding hydrogens is 280 g/mol. The van der Waals surface area contributed by atoms with Crippen molar-refractivity contribution < 1.29 is 4.79 Å². The fourth-order valence-electron chi connectivity index (χ4n) is 2.52. The molecule has 0 spiro atoms. The lowest BCUT2D eigenvalue weighted by molar-refractivity contribution is 0.0998. The van der Waals surface area contributed by atoms with E-state index in [-0.39, 0.29) is 5.91 Å². The number of amides is 1. The highest BCUT2D eigenvalue weighted by molar-refractivity contribution is 7.16. The van der Waals surface area contributed by atoms with Crippen molar-refractivity contribution >= 4 is 27.5 Å². The second-order valence-corrected chi connectivity index (χ2v) is 6.16. The van der Waals surface area contributed by atoms with Crippen molar-refractivity contribution in [2.45, 2.75) is 13.8 Å². The van der Waals surface area contributed by atoms with Crippen LogP contribution in [0.4, 0.5) is 0 Å². The molecule has 1 amide bonds. The van der Waals surface area contributed by atoms with E-state index in [2.05, 4.69) is 31.0 Å². The average molecular weight is 296 g/mol. The van der Waals surface area contributed by atoms with E-state index in [4.69, 9.17) is 0 Å². The van der Waals surface area contributed by atoms with E-state index in [1.807, 2.05) is 29.8 Å². The maximum atomic E-state index is 12.2. The lowest BCUT2D eigenvalue weighted by atomic mass is 10.1. The van der Waals surface area contributed by atoms with Crippen molar-refractivity contribution in [3.05, 3.63) is 64.0 Å². The highest BCUT2D eigenvalue weighted by Gasteiger charge is 2.09. The molecular formula is C17H16N2OS. The van der Waals surface area contributed by atoms with Gasteiger partial charge in [-0.05, 0) is 43.2 Å². The fourth-order valence-corrected chi connectivity index (χ4v) is 3.71. The molecule has 0 fully saturated rings. The van der Waals surface area contributed by atoms with Gasteiger partial charge in [0.15, 0.2) is 4.80 Å². The highest BCUT2D eigenvalue weighted by atomic mass is 32.1. The molecule has 3 rings (SSSR count). The van der Waals surface area contributed by atoms with Crippen molar-refractivity contribution in [3.8, 4) is 0 Å². The predicted octanol–water partition coefficient (Wildman–Crippen LogP) is 3.60. The molecule has 2 aromatic carbocycles. The molecule has 4 heteroatoms. The van der Waals surface area contributed by atoms with Crippen LogP contribution in [-0.2, 0) is 7.05 Å². The summed E-state index contributed by atoms with van der Waals surface area (Å²) in [6.45, 7) is 4.17. The molecule has 0 radical (unpaired) electrons. The Morgan fingerprint density at radius 3 is 2.57 bits per heavy atom. The quantitative estimate of drug-likeness (QED) is 0.675. The predicted molar refractivity (Wildman–Crippen MR) is 86.6 cm³/mol. The van der Waals surface area contributed by atoms with Gasteiger partial charge in [0.05, 0.1) is 10.2 Å². The third-order valence-corrected chi connectivity index (χ3v) is 4.53. The lowest BCUT2D eigenvalue weighted by Crippen LogP contribution is -2.13. The minimum atomic E-state index is -0.202.